The van der Waals surface area contributed by atoms with E-state index in [9.17, 15) is 10.0 Å². The van der Waals surface area contributed by atoms with Crippen molar-refractivity contribution in [2.45, 2.75) is 13.1 Å². The van der Waals surface area contributed by atoms with E-state index >= 15 is 0 Å². The third kappa shape index (κ3) is 2.52. The van der Waals surface area contributed by atoms with Gasteiger partial charge in [0.2, 0.25) is 0 Å². The highest BCUT2D eigenvalue weighted by Gasteiger charge is 2.24. The van der Waals surface area contributed by atoms with Crippen molar-refractivity contribution in [2.24, 2.45) is 0 Å². The number of fused-ring (bicyclic) bond motifs is 1. The van der Waals surface area contributed by atoms with Gasteiger partial charge in [0, 0.05) is 24.8 Å². The Hall–Kier alpha value is -1.81. The number of nitrogens with zero attached hydrogens (tertiary/aromatic N) is 2. The summed E-state index contributed by atoms with van der Waals surface area (Å²) >= 11 is 1.42. The van der Waals surface area contributed by atoms with Crippen LogP contribution in [-0.4, -0.2) is 47.4 Å². The van der Waals surface area contributed by atoms with Gasteiger partial charge in [0.05, 0.1) is 29.2 Å². The second-order valence-corrected chi connectivity index (χ2v) is 6.06. The van der Waals surface area contributed by atoms with E-state index in [-0.39, 0.29) is 6.17 Å². The standard InChI is InChI=1S/C13H17BN4O3S/c1-7-17-15-6-11(18(7)2)13-16-10-5-8(21-3)4-9(14(19)20)12(10)22-13/h4-7,15,17,19-20H,1-3H3. The highest BCUT2D eigenvalue weighted by molar-refractivity contribution is 7.21. The number of methoxy groups -OCH3 is 1. The van der Waals surface area contributed by atoms with Gasteiger partial charge in [-0.15, -0.1) is 11.3 Å². The first-order chi connectivity index (χ1) is 10.5. The summed E-state index contributed by atoms with van der Waals surface area (Å²) in [6, 6.07) is 3.41. The fourth-order valence-corrected chi connectivity index (χ4v) is 3.44. The van der Waals surface area contributed by atoms with Crippen molar-refractivity contribution in [3.05, 3.63) is 23.3 Å². The Morgan fingerprint density at radius 2 is 2.18 bits per heavy atom. The number of benzene rings is 1. The van der Waals surface area contributed by atoms with Crippen LogP contribution in [0.1, 0.15) is 11.9 Å². The zero-order chi connectivity index (χ0) is 15.9. The third-order valence-corrected chi connectivity index (χ3v) is 4.83. The maximum Gasteiger partial charge on any atom is 0.490 e. The van der Waals surface area contributed by atoms with E-state index < -0.39 is 7.12 Å². The summed E-state index contributed by atoms with van der Waals surface area (Å²) in [6.45, 7) is 2.03. The van der Waals surface area contributed by atoms with Crippen molar-refractivity contribution in [3.8, 4) is 5.75 Å². The molecule has 0 aliphatic carbocycles. The molecule has 0 radical (unpaired) electrons. The predicted octanol–water partition coefficient (Wildman–Crippen LogP) is -0.331. The quantitative estimate of drug-likeness (QED) is 0.576. The van der Waals surface area contributed by atoms with Gasteiger partial charge in [0.25, 0.3) is 0 Å². The molecule has 1 aliphatic rings. The van der Waals surface area contributed by atoms with Gasteiger partial charge in [-0.1, -0.05) is 0 Å². The minimum absolute atomic E-state index is 0.115. The number of hydrogen-bond donors (Lipinski definition) is 4. The molecule has 3 rings (SSSR count). The second-order valence-electron chi connectivity index (χ2n) is 5.06. The van der Waals surface area contributed by atoms with Crippen LogP contribution in [0, 0.1) is 0 Å². The van der Waals surface area contributed by atoms with Gasteiger partial charge in [-0.25, -0.2) is 10.4 Å². The predicted molar refractivity (Wildman–Crippen MR) is 87.5 cm³/mol. The minimum Gasteiger partial charge on any atom is -0.497 e. The van der Waals surface area contributed by atoms with Crippen molar-refractivity contribution < 1.29 is 14.8 Å². The van der Waals surface area contributed by atoms with Gasteiger partial charge in [0.1, 0.15) is 10.8 Å². The van der Waals surface area contributed by atoms with Crippen LogP contribution in [0.25, 0.3) is 15.9 Å². The summed E-state index contributed by atoms with van der Waals surface area (Å²) < 4.78 is 5.94. The lowest BCUT2D eigenvalue weighted by atomic mass is 9.80. The molecule has 2 heterocycles. The summed E-state index contributed by atoms with van der Waals surface area (Å²) in [6.07, 6.45) is 1.95. The van der Waals surface area contributed by atoms with E-state index in [0.717, 1.165) is 15.4 Å². The average Bonchev–Trinajstić information content (AvgIpc) is 2.92. The number of hydrogen-bond acceptors (Lipinski definition) is 8. The lowest BCUT2D eigenvalue weighted by Gasteiger charge is -2.32. The lowest BCUT2D eigenvalue weighted by Crippen LogP contribution is -2.49. The van der Waals surface area contributed by atoms with E-state index in [2.05, 4.69) is 20.7 Å². The summed E-state index contributed by atoms with van der Waals surface area (Å²) in [5, 5.41) is 20.0. The smallest absolute Gasteiger partial charge is 0.490 e. The molecule has 0 bridgehead atoms. The minimum atomic E-state index is -1.57. The Kier molecular flexibility index (Phi) is 3.96. The summed E-state index contributed by atoms with van der Waals surface area (Å²) in [5.74, 6) is 0.548. The van der Waals surface area contributed by atoms with E-state index in [4.69, 9.17) is 4.74 Å². The van der Waals surface area contributed by atoms with Crippen LogP contribution in [-0.2, 0) is 0 Å². The van der Waals surface area contributed by atoms with Crippen LogP contribution in [0.3, 0.4) is 0 Å². The molecule has 1 atom stereocenters. The molecule has 1 unspecified atom stereocenters. The topological polar surface area (TPSA) is 89.9 Å². The SMILES string of the molecule is COc1cc(B(O)O)c2sc(C3=CNNC(C)N3C)nc2c1. The fraction of sp³-hybridized carbons (Fsp3) is 0.308. The molecule has 0 saturated carbocycles. The monoisotopic (exact) mass is 320 g/mol. The number of hydrazine groups is 1. The third-order valence-electron chi connectivity index (χ3n) is 3.69. The van der Waals surface area contributed by atoms with Crippen LogP contribution in [0.4, 0.5) is 0 Å². The molecule has 0 amide bonds. The number of thiazole rings is 1. The Morgan fingerprint density at radius 3 is 2.86 bits per heavy atom. The molecule has 1 aromatic heterocycles. The summed E-state index contributed by atoms with van der Waals surface area (Å²) in [4.78, 5) is 6.67. The van der Waals surface area contributed by atoms with Crippen molar-refractivity contribution in [1.29, 1.82) is 0 Å². The molecule has 7 nitrogen and oxygen atoms in total. The number of rotatable bonds is 3. The zero-order valence-electron chi connectivity index (χ0n) is 12.5. The molecule has 1 aliphatic heterocycles. The Balaban J connectivity index is 2.13. The maximum absolute atomic E-state index is 9.59. The van der Waals surface area contributed by atoms with Crippen LogP contribution in [0.5, 0.6) is 5.75 Å². The van der Waals surface area contributed by atoms with Crippen molar-refractivity contribution >= 4 is 39.8 Å². The van der Waals surface area contributed by atoms with E-state index in [1.807, 2.05) is 20.2 Å². The Labute approximate surface area is 132 Å². The van der Waals surface area contributed by atoms with Gasteiger partial charge in [-0.2, -0.15) is 0 Å². The summed E-state index contributed by atoms with van der Waals surface area (Å²) in [5.41, 5.74) is 8.11. The molecule has 0 saturated heterocycles. The van der Waals surface area contributed by atoms with Gasteiger partial charge < -0.3 is 25.1 Å². The van der Waals surface area contributed by atoms with Crippen molar-refractivity contribution in [1.82, 2.24) is 20.7 Å². The van der Waals surface area contributed by atoms with Crippen LogP contribution in [0.2, 0.25) is 0 Å². The molecule has 116 valence electrons. The molecular formula is C13H17BN4O3S. The first-order valence-electron chi connectivity index (χ1n) is 6.80. The average molecular weight is 320 g/mol. The first-order valence-corrected chi connectivity index (χ1v) is 7.62. The fourth-order valence-electron chi connectivity index (χ4n) is 2.30. The first kappa shape index (κ1) is 15.1. The number of nitrogens with one attached hydrogen (secondary N) is 2. The van der Waals surface area contributed by atoms with E-state index in [1.165, 1.54) is 18.4 Å². The molecular weight excluding hydrogens is 303 g/mol. The Bertz CT molecular complexity index is 733. The molecule has 1 aromatic carbocycles. The molecule has 4 N–H and O–H groups in total. The summed E-state index contributed by atoms with van der Waals surface area (Å²) in [7, 11) is 1.94. The van der Waals surface area contributed by atoms with Crippen LogP contribution in [0.15, 0.2) is 18.3 Å². The molecule has 0 fully saturated rings. The van der Waals surface area contributed by atoms with Gasteiger partial charge >= 0.3 is 7.12 Å². The van der Waals surface area contributed by atoms with Gasteiger partial charge in [-0.3, -0.25) is 0 Å². The van der Waals surface area contributed by atoms with Crippen molar-refractivity contribution in [2.75, 3.05) is 14.2 Å². The molecule has 22 heavy (non-hydrogen) atoms. The largest absolute Gasteiger partial charge is 0.497 e. The number of aromatic nitrogens is 1. The highest BCUT2D eigenvalue weighted by atomic mass is 32.1. The zero-order valence-corrected chi connectivity index (χ0v) is 13.3. The van der Waals surface area contributed by atoms with Crippen molar-refractivity contribution in [3.63, 3.8) is 0 Å². The van der Waals surface area contributed by atoms with E-state index in [0.29, 0.717) is 16.7 Å². The molecule has 2 aromatic rings. The number of ether oxygens (including phenoxy) is 1. The van der Waals surface area contributed by atoms with E-state index in [1.54, 1.807) is 12.1 Å². The van der Waals surface area contributed by atoms with Crippen LogP contribution >= 0.6 is 11.3 Å². The maximum atomic E-state index is 9.59. The van der Waals surface area contributed by atoms with Crippen LogP contribution < -0.4 is 21.1 Å². The lowest BCUT2D eigenvalue weighted by molar-refractivity contribution is 0.275. The van der Waals surface area contributed by atoms with Gasteiger partial charge in [0.15, 0.2) is 0 Å². The van der Waals surface area contributed by atoms with Gasteiger partial charge in [-0.05, 0) is 13.0 Å². The molecule has 0 spiro atoms. The highest BCUT2D eigenvalue weighted by Crippen LogP contribution is 2.30. The second kappa shape index (κ2) is 5.77. The normalized spacial score (nSPS) is 18.1. The Morgan fingerprint density at radius 1 is 1.41 bits per heavy atom. The molecule has 9 heteroatoms.